The highest BCUT2D eigenvalue weighted by atomic mass is 16.4. The van der Waals surface area contributed by atoms with E-state index in [0.29, 0.717) is 0 Å². The van der Waals surface area contributed by atoms with Crippen molar-refractivity contribution < 1.29 is 15.0 Å². The van der Waals surface area contributed by atoms with Gasteiger partial charge in [0.25, 0.3) is 0 Å². The van der Waals surface area contributed by atoms with Gasteiger partial charge in [0.1, 0.15) is 5.60 Å². The molecular formula is C12H18O3. The molecule has 3 heteroatoms. The molecule has 0 bridgehead atoms. The molecular weight excluding hydrogens is 192 g/mol. The molecule has 0 aromatic heterocycles. The molecule has 1 aliphatic carbocycles. The van der Waals surface area contributed by atoms with Crippen molar-refractivity contribution in [3.63, 3.8) is 0 Å². The largest absolute Gasteiger partial charge is 0.472 e. The van der Waals surface area contributed by atoms with Gasteiger partial charge in [0.05, 0.1) is 0 Å². The molecule has 1 fully saturated rings. The lowest BCUT2D eigenvalue weighted by molar-refractivity contribution is -0.130. The molecule has 0 saturated heterocycles. The first-order chi connectivity index (χ1) is 6.79. The lowest BCUT2D eigenvalue weighted by Gasteiger charge is -2.47. The van der Waals surface area contributed by atoms with Crippen LogP contribution in [0.4, 0.5) is 0 Å². The number of hydrogen-bond acceptors (Lipinski definition) is 2. The standard InChI is InChI=1S/C12H18O3/c1-9-5-4-7-11(2,3)12(9,15)8-6-10(13)14/h9,15H,4-5,7H2,1-3H3,(H,13,14)/t9-,12+/m0/s1. The Balaban J connectivity index is 3.05. The Bertz CT molecular complexity index is 321. The Morgan fingerprint density at radius 1 is 1.47 bits per heavy atom. The Morgan fingerprint density at radius 2 is 2.07 bits per heavy atom. The van der Waals surface area contributed by atoms with Crippen LogP contribution < -0.4 is 0 Å². The van der Waals surface area contributed by atoms with Crippen LogP contribution in [0.1, 0.15) is 40.0 Å². The third-order valence-corrected chi connectivity index (χ3v) is 3.54. The molecule has 1 aliphatic rings. The van der Waals surface area contributed by atoms with E-state index in [1.165, 1.54) is 0 Å². The maximum Gasteiger partial charge on any atom is 0.382 e. The van der Waals surface area contributed by atoms with E-state index in [1.807, 2.05) is 20.8 Å². The van der Waals surface area contributed by atoms with Gasteiger partial charge in [-0.25, -0.2) is 4.79 Å². The van der Waals surface area contributed by atoms with Gasteiger partial charge in [-0.15, -0.1) is 0 Å². The fourth-order valence-electron chi connectivity index (χ4n) is 2.36. The molecule has 1 saturated carbocycles. The fourth-order valence-corrected chi connectivity index (χ4v) is 2.36. The average molecular weight is 210 g/mol. The number of aliphatic carboxylic acids is 1. The molecule has 2 N–H and O–H groups in total. The van der Waals surface area contributed by atoms with Gasteiger partial charge >= 0.3 is 5.97 Å². The quantitative estimate of drug-likeness (QED) is 0.598. The van der Waals surface area contributed by atoms with Gasteiger partial charge in [-0.3, -0.25) is 0 Å². The maximum atomic E-state index is 10.5. The molecule has 0 amide bonds. The van der Waals surface area contributed by atoms with E-state index in [0.717, 1.165) is 19.3 Å². The second kappa shape index (κ2) is 3.86. The molecule has 0 aromatic carbocycles. The van der Waals surface area contributed by atoms with Crippen molar-refractivity contribution in [2.45, 2.75) is 45.6 Å². The third kappa shape index (κ3) is 2.15. The minimum atomic E-state index is -1.18. The maximum absolute atomic E-state index is 10.5. The molecule has 1 rings (SSSR count). The molecule has 0 aliphatic heterocycles. The number of aliphatic hydroxyl groups is 1. The number of carboxylic acid groups (broad SMARTS) is 1. The summed E-state index contributed by atoms with van der Waals surface area (Å²) in [7, 11) is 0. The highest BCUT2D eigenvalue weighted by Crippen LogP contribution is 2.46. The molecule has 84 valence electrons. The van der Waals surface area contributed by atoms with Crippen LogP contribution in [0.15, 0.2) is 0 Å². The van der Waals surface area contributed by atoms with Crippen molar-refractivity contribution in [2.75, 3.05) is 0 Å². The first-order valence-electron chi connectivity index (χ1n) is 5.28. The van der Waals surface area contributed by atoms with Gasteiger partial charge in [0, 0.05) is 11.3 Å². The van der Waals surface area contributed by atoms with E-state index in [9.17, 15) is 9.90 Å². The molecule has 15 heavy (non-hydrogen) atoms. The third-order valence-electron chi connectivity index (χ3n) is 3.54. The molecule has 2 atom stereocenters. The zero-order valence-electron chi connectivity index (χ0n) is 9.50. The predicted molar refractivity (Wildman–Crippen MR) is 57.2 cm³/mol. The number of carboxylic acids is 1. The van der Waals surface area contributed by atoms with Crippen LogP contribution in [-0.4, -0.2) is 21.8 Å². The van der Waals surface area contributed by atoms with Crippen LogP contribution in [0.25, 0.3) is 0 Å². The Labute approximate surface area is 90.5 Å². The molecule has 3 nitrogen and oxygen atoms in total. The molecule has 0 heterocycles. The summed E-state index contributed by atoms with van der Waals surface area (Å²) in [5, 5.41) is 19.0. The van der Waals surface area contributed by atoms with E-state index < -0.39 is 11.6 Å². The molecule has 0 unspecified atom stereocenters. The normalized spacial score (nSPS) is 34.0. The summed E-state index contributed by atoms with van der Waals surface area (Å²) < 4.78 is 0. The van der Waals surface area contributed by atoms with Crippen molar-refractivity contribution in [3.8, 4) is 11.8 Å². The second-order valence-corrected chi connectivity index (χ2v) is 5.00. The van der Waals surface area contributed by atoms with Gasteiger partial charge in [-0.2, -0.15) is 0 Å². The Hall–Kier alpha value is -1.01. The summed E-state index contributed by atoms with van der Waals surface area (Å²) in [5.41, 5.74) is -1.52. The van der Waals surface area contributed by atoms with E-state index in [4.69, 9.17) is 5.11 Å². The minimum absolute atomic E-state index is 0.0214. The van der Waals surface area contributed by atoms with Crippen molar-refractivity contribution in [2.24, 2.45) is 11.3 Å². The van der Waals surface area contributed by atoms with Crippen molar-refractivity contribution >= 4 is 5.97 Å². The summed E-state index contributed by atoms with van der Waals surface area (Å²) in [6.07, 6.45) is 2.83. The first-order valence-corrected chi connectivity index (χ1v) is 5.28. The van der Waals surface area contributed by atoms with Gasteiger partial charge in [-0.1, -0.05) is 33.1 Å². The SMILES string of the molecule is C[C@H]1CCCC(C)(C)[C@@]1(O)C#CC(=O)O. The Morgan fingerprint density at radius 3 is 2.53 bits per heavy atom. The van der Waals surface area contributed by atoms with E-state index in [-0.39, 0.29) is 11.3 Å². The minimum Gasteiger partial charge on any atom is -0.472 e. The molecule has 0 spiro atoms. The fraction of sp³-hybridized carbons (Fsp3) is 0.750. The smallest absolute Gasteiger partial charge is 0.382 e. The topological polar surface area (TPSA) is 57.5 Å². The van der Waals surface area contributed by atoms with Crippen LogP contribution in [0.3, 0.4) is 0 Å². The summed E-state index contributed by atoms with van der Waals surface area (Å²) in [4.78, 5) is 10.4. The van der Waals surface area contributed by atoms with Crippen LogP contribution in [0.5, 0.6) is 0 Å². The summed E-state index contributed by atoms with van der Waals surface area (Å²) >= 11 is 0. The number of hydrogen-bond donors (Lipinski definition) is 2. The summed E-state index contributed by atoms with van der Waals surface area (Å²) in [5.74, 6) is 3.44. The highest BCUT2D eigenvalue weighted by molar-refractivity contribution is 5.86. The van der Waals surface area contributed by atoms with Crippen molar-refractivity contribution in [3.05, 3.63) is 0 Å². The highest BCUT2D eigenvalue weighted by Gasteiger charge is 2.48. The van der Waals surface area contributed by atoms with E-state index in [1.54, 1.807) is 0 Å². The molecule has 0 radical (unpaired) electrons. The summed E-state index contributed by atoms with van der Waals surface area (Å²) in [6.45, 7) is 5.82. The van der Waals surface area contributed by atoms with Crippen LogP contribution in [-0.2, 0) is 4.79 Å². The Kier molecular flexibility index (Phi) is 3.11. The summed E-state index contributed by atoms with van der Waals surface area (Å²) in [6, 6.07) is 0. The lowest BCUT2D eigenvalue weighted by Crippen LogP contribution is -2.51. The van der Waals surface area contributed by atoms with Crippen molar-refractivity contribution in [1.82, 2.24) is 0 Å². The van der Waals surface area contributed by atoms with E-state index in [2.05, 4.69) is 11.8 Å². The number of carbonyl (C=O) groups is 1. The van der Waals surface area contributed by atoms with Gasteiger partial charge < -0.3 is 10.2 Å². The monoisotopic (exact) mass is 210 g/mol. The van der Waals surface area contributed by atoms with Crippen LogP contribution in [0.2, 0.25) is 0 Å². The molecule has 0 aromatic rings. The van der Waals surface area contributed by atoms with Crippen LogP contribution in [0, 0.1) is 23.2 Å². The number of rotatable bonds is 0. The second-order valence-electron chi connectivity index (χ2n) is 5.00. The van der Waals surface area contributed by atoms with Gasteiger partial charge in [0.15, 0.2) is 0 Å². The zero-order chi connectivity index (χ0) is 11.7. The van der Waals surface area contributed by atoms with Gasteiger partial charge in [0.2, 0.25) is 0 Å². The van der Waals surface area contributed by atoms with Crippen LogP contribution >= 0.6 is 0 Å². The van der Waals surface area contributed by atoms with Gasteiger partial charge in [-0.05, 0) is 18.8 Å². The lowest BCUT2D eigenvalue weighted by atomic mass is 9.61. The van der Waals surface area contributed by atoms with E-state index >= 15 is 0 Å². The zero-order valence-corrected chi connectivity index (χ0v) is 9.50. The average Bonchev–Trinajstić information content (AvgIpc) is 2.11. The predicted octanol–water partition coefficient (Wildman–Crippen LogP) is 1.65. The van der Waals surface area contributed by atoms with Crippen molar-refractivity contribution in [1.29, 1.82) is 0 Å². The first kappa shape index (κ1) is 12.1.